The number of likely N-dealkylation sites (N-methyl/N-ethyl adjacent to an activating group) is 1. The third-order valence-electron chi connectivity index (χ3n) is 6.01. The molecule has 0 amide bonds. The molecule has 1 saturated heterocycles. The highest BCUT2D eigenvalue weighted by molar-refractivity contribution is 5.31. The zero-order valence-electron chi connectivity index (χ0n) is 11.2. The maximum Gasteiger partial charge on any atom is 0.118 e. The highest BCUT2D eigenvalue weighted by Gasteiger charge is 2.57. The maximum atomic E-state index is 2.57. The molecule has 0 radical (unpaired) electrons. The summed E-state index contributed by atoms with van der Waals surface area (Å²) in [4.78, 5) is 0. The summed E-state index contributed by atoms with van der Waals surface area (Å²) < 4.78 is 1.35. The van der Waals surface area contributed by atoms with E-state index in [0.717, 1.165) is 5.92 Å². The van der Waals surface area contributed by atoms with Crippen molar-refractivity contribution in [2.24, 2.45) is 5.92 Å². The molecule has 1 fully saturated rings. The Kier molecular flexibility index (Phi) is 2.27. The average molecular weight is 220 g/mol. The van der Waals surface area contributed by atoms with E-state index < -0.39 is 0 Å². The van der Waals surface area contributed by atoms with Gasteiger partial charge in [-0.05, 0) is 38.2 Å². The molecule has 0 aromatic heterocycles. The molecule has 2 aliphatic heterocycles. The molecule has 0 aromatic rings. The lowest BCUT2D eigenvalue weighted by molar-refractivity contribution is -0.941. The van der Waals surface area contributed by atoms with Crippen LogP contribution in [0.4, 0.5) is 0 Å². The molecule has 1 heteroatoms. The van der Waals surface area contributed by atoms with E-state index in [1.54, 1.807) is 0 Å². The summed E-state index contributed by atoms with van der Waals surface area (Å²) in [6.45, 7) is 7.79. The van der Waals surface area contributed by atoms with Gasteiger partial charge in [0.15, 0.2) is 0 Å². The van der Waals surface area contributed by atoms with Crippen LogP contribution in [0.3, 0.4) is 0 Å². The van der Waals surface area contributed by atoms with Crippen molar-refractivity contribution in [3.05, 3.63) is 11.1 Å². The number of fused-ring (bicyclic) bond motifs is 2. The minimum Gasteiger partial charge on any atom is -0.317 e. The number of hydrogen-bond donors (Lipinski definition) is 0. The van der Waals surface area contributed by atoms with Crippen LogP contribution in [-0.2, 0) is 0 Å². The van der Waals surface area contributed by atoms with Gasteiger partial charge in [0.25, 0.3) is 0 Å². The average Bonchev–Trinajstić information content (AvgIpc) is 2.81. The van der Waals surface area contributed by atoms with Gasteiger partial charge >= 0.3 is 0 Å². The number of rotatable bonds is 1. The summed E-state index contributed by atoms with van der Waals surface area (Å²) >= 11 is 0. The van der Waals surface area contributed by atoms with Crippen molar-refractivity contribution in [2.45, 2.75) is 57.9 Å². The second-order valence-corrected chi connectivity index (χ2v) is 6.74. The van der Waals surface area contributed by atoms with Gasteiger partial charge in [0.1, 0.15) is 5.54 Å². The van der Waals surface area contributed by atoms with Crippen LogP contribution in [0, 0.1) is 5.92 Å². The molecular weight excluding hydrogens is 194 g/mol. The van der Waals surface area contributed by atoms with Gasteiger partial charge in [-0.2, -0.15) is 0 Å². The van der Waals surface area contributed by atoms with E-state index in [1.807, 2.05) is 11.1 Å². The Morgan fingerprint density at radius 2 is 2.12 bits per heavy atom. The summed E-state index contributed by atoms with van der Waals surface area (Å²) in [6, 6.07) is 0. The van der Waals surface area contributed by atoms with Crippen LogP contribution < -0.4 is 0 Å². The second kappa shape index (κ2) is 3.35. The summed E-state index contributed by atoms with van der Waals surface area (Å²) in [5, 5.41) is 0. The van der Waals surface area contributed by atoms with Crippen LogP contribution in [0.25, 0.3) is 0 Å². The number of quaternary nitrogens is 1. The molecule has 0 spiro atoms. The minimum atomic E-state index is 0.519. The topological polar surface area (TPSA) is 0 Å². The molecule has 3 aliphatic rings. The van der Waals surface area contributed by atoms with Crippen LogP contribution in [0.1, 0.15) is 52.4 Å². The van der Waals surface area contributed by atoms with E-state index in [-0.39, 0.29) is 0 Å². The van der Waals surface area contributed by atoms with Crippen molar-refractivity contribution >= 4 is 0 Å². The lowest BCUT2D eigenvalue weighted by Crippen LogP contribution is -2.59. The standard InChI is InChI=1S/C15H26N/c1-4-12-10-15(2)14-7-5-6-13(14)8-9-16(15,3)11-12/h12H,4-11H2,1-3H3/q+1. The van der Waals surface area contributed by atoms with E-state index >= 15 is 0 Å². The lowest BCUT2D eigenvalue weighted by Gasteiger charge is -2.48. The van der Waals surface area contributed by atoms with Crippen molar-refractivity contribution in [3.8, 4) is 0 Å². The number of hydrogen-bond acceptors (Lipinski definition) is 0. The van der Waals surface area contributed by atoms with Gasteiger partial charge in [-0.25, -0.2) is 0 Å². The molecule has 1 nitrogen and oxygen atoms in total. The van der Waals surface area contributed by atoms with Crippen LogP contribution in [0.5, 0.6) is 0 Å². The Morgan fingerprint density at radius 1 is 1.31 bits per heavy atom. The first kappa shape index (κ1) is 10.8. The van der Waals surface area contributed by atoms with Gasteiger partial charge in [-0.3, -0.25) is 0 Å². The van der Waals surface area contributed by atoms with E-state index in [2.05, 4.69) is 20.9 Å². The first-order valence-electron chi connectivity index (χ1n) is 7.15. The zero-order chi connectivity index (χ0) is 11.4. The van der Waals surface area contributed by atoms with Crippen molar-refractivity contribution in [2.75, 3.05) is 20.1 Å². The predicted molar refractivity (Wildman–Crippen MR) is 68.2 cm³/mol. The van der Waals surface area contributed by atoms with Crippen LogP contribution in [-0.4, -0.2) is 30.2 Å². The quantitative estimate of drug-likeness (QED) is 0.468. The largest absolute Gasteiger partial charge is 0.317 e. The lowest BCUT2D eigenvalue weighted by atomic mass is 9.79. The SMILES string of the molecule is CCC1CC2(C)C3=C(CCC3)CC[N+]2(C)C1. The molecule has 0 saturated carbocycles. The highest BCUT2D eigenvalue weighted by Crippen LogP contribution is 2.52. The summed E-state index contributed by atoms with van der Waals surface area (Å²) in [5.41, 5.74) is 4.26. The predicted octanol–water partition coefficient (Wildman–Crippen LogP) is 3.51. The Bertz CT molecular complexity index is 343. The smallest absolute Gasteiger partial charge is 0.118 e. The fourth-order valence-electron chi connectivity index (χ4n) is 4.79. The molecule has 3 rings (SSSR count). The first-order valence-corrected chi connectivity index (χ1v) is 7.15. The van der Waals surface area contributed by atoms with Crippen molar-refractivity contribution in [1.82, 2.24) is 0 Å². The molecule has 2 heterocycles. The first-order chi connectivity index (χ1) is 7.59. The number of nitrogens with zero attached hydrogens (tertiary/aromatic N) is 1. The van der Waals surface area contributed by atoms with E-state index in [1.165, 1.54) is 56.1 Å². The maximum absolute atomic E-state index is 2.57. The summed E-state index contributed by atoms with van der Waals surface area (Å²) in [7, 11) is 2.53. The Hall–Kier alpha value is -0.300. The van der Waals surface area contributed by atoms with Crippen LogP contribution in [0.2, 0.25) is 0 Å². The molecule has 16 heavy (non-hydrogen) atoms. The molecule has 90 valence electrons. The van der Waals surface area contributed by atoms with E-state index in [9.17, 15) is 0 Å². The monoisotopic (exact) mass is 220 g/mol. The van der Waals surface area contributed by atoms with Gasteiger partial charge in [0.2, 0.25) is 0 Å². The normalized spacial score (nSPS) is 47.1. The zero-order valence-corrected chi connectivity index (χ0v) is 11.2. The van der Waals surface area contributed by atoms with Gasteiger partial charge in [0, 0.05) is 18.8 Å². The van der Waals surface area contributed by atoms with Crippen molar-refractivity contribution in [1.29, 1.82) is 0 Å². The fraction of sp³-hybridized carbons (Fsp3) is 0.867. The second-order valence-electron chi connectivity index (χ2n) is 6.74. The fourth-order valence-corrected chi connectivity index (χ4v) is 4.79. The van der Waals surface area contributed by atoms with Gasteiger partial charge in [-0.1, -0.05) is 12.5 Å². The molecule has 0 N–H and O–H groups in total. The van der Waals surface area contributed by atoms with Crippen molar-refractivity contribution < 1.29 is 4.48 Å². The summed E-state index contributed by atoms with van der Waals surface area (Å²) in [6.07, 6.45) is 8.51. The third-order valence-corrected chi connectivity index (χ3v) is 6.01. The van der Waals surface area contributed by atoms with Crippen LogP contribution >= 0.6 is 0 Å². The van der Waals surface area contributed by atoms with E-state index in [0.29, 0.717) is 5.54 Å². The summed E-state index contributed by atoms with van der Waals surface area (Å²) in [5.74, 6) is 0.974. The molecular formula is C15H26N+. The molecule has 0 aromatic carbocycles. The molecule has 3 unspecified atom stereocenters. The van der Waals surface area contributed by atoms with E-state index in [4.69, 9.17) is 0 Å². The highest BCUT2D eigenvalue weighted by atomic mass is 15.4. The van der Waals surface area contributed by atoms with Gasteiger partial charge in [-0.15, -0.1) is 0 Å². The van der Waals surface area contributed by atoms with Gasteiger partial charge in [0.05, 0.1) is 20.1 Å². The van der Waals surface area contributed by atoms with Crippen molar-refractivity contribution in [3.63, 3.8) is 0 Å². The Balaban J connectivity index is 2.02. The minimum absolute atomic E-state index is 0.519. The third kappa shape index (κ3) is 1.21. The van der Waals surface area contributed by atoms with Gasteiger partial charge < -0.3 is 4.48 Å². The van der Waals surface area contributed by atoms with Crippen LogP contribution in [0.15, 0.2) is 11.1 Å². The molecule has 0 bridgehead atoms. The molecule has 1 aliphatic carbocycles. The Morgan fingerprint density at radius 3 is 2.88 bits per heavy atom. The Labute approximate surface area is 100 Å². The molecule has 3 atom stereocenters.